The number of hydrogen-bond donors (Lipinski definition) is 1. The number of nitrogens with zero attached hydrogens (tertiary/aromatic N) is 3. The number of aliphatic hydroxyl groups is 1. The van der Waals surface area contributed by atoms with Crippen LogP contribution < -0.4 is 0 Å². The van der Waals surface area contributed by atoms with Crippen molar-refractivity contribution in [2.45, 2.75) is 45.1 Å². The number of hydrogen-bond acceptors (Lipinski definition) is 6. The van der Waals surface area contributed by atoms with Crippen LogP contribution in [0.2, 0.25) is 0 Å². The molecule has 3 heterocycles. The molecular formula is C22H20F3N3O3S. The smallest absolute Gasteiger partial charge is 0.254 e. The molecule has 0 spiro atoms. The number of ketones is 1. The van der Waals surface area contributed by atoms with Crippen LogP contribution in [-0.2, 0) is 16.0 Å². The first kappa shape index (κ1) is 22.2. The van der Waals surface area contributed by atoms with E-state index in [1.54, 1.807) is 11.0 Å². The van der Waals surface area contributed by atoms with Crippen LogP contribution in [0.1, 0.15) is 48.2 Å². The SMILES string of the molecule is CCN1C(=O)/C2=C(\O)C(=O)/C(c3nnc(Cc4cc(F)c(F)cc4F)s3)=C\C1CCCC2. The highest BCUT2D eigenvalue weighted by atomic mass is 32.1. The molecule has 168 valence electrons. The van der Waals surface area contributed by atoms with E-state index in [2.05, 4.69) is 10.2 Å². The highest BCUT2D eigenvalue weighted by Gasteiger charge is 2.35. The number of aromatic nitrogens is 2. The van der Waals surface area contributed by atoms with E-state index in [-0.39, 0.29) is 45.1 Å². The van der Waals surface area contributed by atoms with Gasteiger partial charge in [-0.2, -0.15) is 0 Å². The lowest BCUT2D eigenvalue weighted by Gasteiger charge is -2.33. The Hall–Kier alpha value is -3.01. The van der Waals surface area contributed by atoms with Gasteiger partial charge in [-0.05, 0) is 43.9 Å². The van der Waals surface area contributed by atoms with Crippen LogP contribution in [0, 0.1) is 17.5 Å². The van der Waals surface area contributed by atoms with Crippen molar-refractivity contribution >= 4 is 28.6 Å². The molecule has 1 saturated heterocycles. The Kier molecular flexibility index (Phi) is 6.14. The fraction of sp³-hybridized carbons (Fsp3) is 0.364. The molecule has 1 amide bonds. The highest BCUT2D eigenvalue weighted by molar-refractivity contribution is 7.12. The number of allylic oxidation sites excluding steroid dienone is 1. The summed E-state index contributed by atoms with van der Waals surface area (Å²) < 4.78 is 40.7. The molecule has 1 unspecified atom stereocenters. The van der Waals surface area contributed by atoms with Gasteiger partial charge < -0.3 is 10.0 Å². The van der Waals surface area contributed by atoms with Crippen molar-refractivity contribution in [2.75, 3.05) is 6.54 Å². The minimum absolute atomic E-state index is 0.0929. The van der Waals surface area contributed by atoms with Gasteiger partial charge in [0.05, 0.1) is 17.2 Å². The van der Waals surface area contributed by atoms with E-state index in [4.69, 9.17) is 0 Å². The number of likely N-dealkylation sites (N-methyl/N-ethyl adjacent to an activating group) is 1. The molecule has 2 aliphatic heterocycles. The topological polar surface area (TPSA) is 83.4 Å². The van der Waals surface area contributed by atoms with Gasteiger partial charge in [0.15, 0.2) is 22.4 Å². The van der Waals surface area contributed by atoms with Crippen molar-refractivity contribution in [2.24, 2.45) is 0 Å². The molecule has 10 heteroatoms. The predicted octanol–water partition coefficient (Wildman–Crippen LogP) is 4.12. The van der Waals surface area contributed by atoms with Gasteiger partial charge in [-0.1, -0.05) is 17.8 Å². The van der Waals surface area contributed by atoms with Crippen LogP contribution in [0.15, 0.2) is 29.5 Å². The first-order valence-electron chi connectivity index (χ1n) is 10.3. The number of Topliss-reactive ketones (excluding diaryl/α,β-unsaturated/α-hetero) is 1. The lowest BCUT2D eigenvalue weighted by molar-refractivity contribution is -0.130. The molecule has 0 saturated carbocycles. The van der Waals surface area contributed by atoms with E-state index < -0.39 is 29.0 Å². The Morgan fingerprint density at radius 1 is 1.12 bits per heavy atom. The molecule has 4 rings (SSSR count). The lowest BCUT2D eigenvalue weighted by atomic mass is 9.91. The minimum Gasteiger partial charge on any atom is -0.504 e. The van der Waals surface area contributed by atoms with E-state index in [0.717, 1.165) is 23.8 Å². The first-order valence-corrected chi connectivity index (χ1v) is 11.1. The number of fused-ring (bicyclic) bond motifs is 3. The van der Waals surface area contributed by atoms with Gasteiger partial charge in [0.1, 0.15) is 10.8 Å². The number of aliphatic hydroxyl groups excluding tert-OH is 1. The molecule has 1 atom stereocenters. The Morgan fingerprint density at radius 2 is 1.88 bits per heavy atom. The molecule has 0 radical (unpaired) electrons. The Labute approximate surface area is 186 Å². The minimum atomic E-state index is -1.28. The number of carbonyl (C=O) groups is 2. The van der Waals surface area contributed by atoms with Gasteiger partial charge >= 0.3 is 0 Å². The summed E-state index contributed by atoms with van der Waals surface area (Å²) >= 11 is 0.992. The molecule has 2 bridgehead atoms. The Balaban J connectivity index is 1.72. The number of rotatable bonds is 4. The van der Waals surface area contributed by atoms with E-state index in [1.807, 2.05) is 6.92 Å². The van der Waals surface area contributed by atoms with E-state index in [0.29, 0.717) is 31.9 Å². The van der Waals surface area contributed by atoms with Crippen LogP contribution in [0.5, 0.6) is 0 Å². The predicted molar refractivity (Wildman–Crippen MR) is 111 cm³/mol. The quantitative estimate of drug-likeness (QED) is 0.690. The van der Waals surface area contributed by atoms with Gasteiger partial charge in [-0.25, -0.2) is 13.2 Å². The monoisotopic (exact) mass is 463 g/mol. The van der Waals surface area contributed by atoms with Crippen LogP contribution in [0.4, 0.5) is 13.2 Å². The second-order valence-corrected chi connectivity index (χ2v) is 8.74. The summed E-state index contributed by atoms with van der Waals surface area (Å²) in [7, 11) is 0. The second-order valence-electron chi connectivity index (χ2n) is 7.68. The van der Waals surface area contributed by atoms with Gasteiger partial charge in [-0.15, -0.1) is 10.2 Å². The van der Waals surface area contributed by atoms with Gasteiger partial charge in [0, 0.05) is 19.0 Å². The fourth-order valence-electron chi connectivity index (χ4n) is 4.01. The summed E-state index contributed by atoms with van der Waals surface area (Å²) in [6.45, 7) is 2.24. The molecule has 0 aliphatic carbocycles. The maximum Gasteiger partial charge on any atom is 0.254 e. The van der Waals surface area contributed by atoms with Gasteiger partial charge in [0.2, 0.25) is 5.78 Å². The second kappa shape index (κ2) is 8.85. The number of benzene rings is 1. The van der Waals surface area contributed by atoms with Crippen LogP contribution in [0.3, 0.4) is 0 Å². The number of halogens is 3. The fourth-order valence-corrected chi connectivity index (χ4v) is 4.90. The zero-order chi connectivity index (χ0) is 23.0. The summed E-state index contributed by atoms with van der Waals surface area (Å²) in [6, 6.07) is 0.891. The summed E-state index contributed by atoms with van der Waals surface area (Å²) in [4.78, 5) is 27.5. The molecule has 2 aliphatic rings. The zero-order valence-electron chi connectivity index (χ0n) is 17.2. The molecule has 6 nitrogen and oxygen atoms in total. The first-order chi connectivity index (χ1) is 15.3. The number of carbonyl (C=O) groups excluding carboxylic acids is 2. The maximum atomic E-state index is 14.0. The third-order valence-corrected chi connectivity index (χ3v) is 6.63. The molecule has 1 N–H and O–H groups in total. The number of amides is 1. The zero-order valence-corrected chi connectivity index (χ0v) is 18.0. The van der Waals surface area contributed by atoms with E-state index >= 15 is 0 Å². The normalized spacial score (nSPS) is 23.4. The van der Waals surface area contributed by atoms with Crippen LogP contribution in [0.25, 0.3) is 5.57 Å². The highest BCUT2D eigenvalue weighted by Crippen LogP contribution is 2.33. The molecular weight excluding hydrogens is 443 g/mol. The Morgan fingerprint density at radius 3 is 2.62 bits per heavy atom. The van der Waals surface area contributed by atoms with Crippen molar-refractivity contribution in [3.05, 3.63) is 62.6 Å². The van der Waals surface area contributed by atoms with Crippen molar-refractivity contribution in [1.82, 2.24) is 15.1 Å². The van der Waals surface area contributed by atoms with Crippen LogP contribution in [-0.4, -0.2) is 44.5 Å². The standard InChI is InChI=1S/C22H20F3N3O3S/c1-2-28-12-5-3-4-6-13(22(28)31)19(29)20(30)14(9-12)21-27-26-18(32-21)8-11-7-16(24)17(25)10-15(11)23/h7,9-10,12,29H,2-6,8H2,1H3/b14-9+,19-13-. The van der Waals surface area contributed by atoms with Gasteiger partial charge in [-0.3, -0.25) is 9.59 Å². The summed E-state index contributed by atoms with van der Waals surface area (Å²) in [6.07, 6.45) is 3.97. The van der Waals surface area contributed by atoms with Crippen molar-refractivity contribution < 1.29 is 27.9 Å². The molecule has 1 aromatic heterocycles. The van der Waals surface area contributed by atoms with Crippen molar-refractivity contribution in [3.8, 4) is 0 Å². The third kappa shape index (κ3) is 4.06. The van der Waals surface area contributed by atoms with Gasteiger partial charge in [0.25, 0.3) is 5.91 Å². The van der Waals surface area contributed by atoms with E-state index in [1.165, 1.54) is 0 Å². The molecule has 1 fully saturated rings. The average Bonchev–Trinajstić information content (AvgIpc) is 3.21. The lowest BCUT2D eigenvalue weighted by Crippen LogP contribution is -2.43. The summed E-state index contributed by atoms with van der Waals surface area (Å²) in [5, 5.41) is 19.1. The Bertz CT molecular complexity index is 1160. The van der Waals surface area contributed by atoms with E-state index in [9.17, 15) is 27.9 Å². The molecule has 1 aromatic carbocycles. The largest absolute Gasteiger partial charge is 0.504 e. The average molecular weight is 463 g/mol. The molecule has 32 heavy (non-hydrogen) atoms. The summed E-state index contributed by atoms with van der Waals surface area (Å²) in [5.74, 6) is -5.01. The third-order valence-electron chi connectivity index (χ3n) is 5.67. The maximum absolute atomic E-state index is 14.0. The molecule has 2 aromatic rings. The summed E-state index contributed by atoms with van der Waals surface area (Å²) in [5.41, 5.74) is 0.123. The van der Waals surface area contributed by atoms with Crippen molar-refractivity contribution in [3.63, 3.8) is 0 Å². The van der Waals surface area contributed by atoms with Crippen LogP contribution >= 0.6 is 11.3 Å². The van der Waals surface area contributed by atoms with Crippen molar-refractivity contribution in [1.29, 1.82) is 0 Å².